The number of ether oxygens (including phenoxy) is 2. The number of hydrogen-bond donors (Lipinski definition) is 0. The first-order chi connectivity index (χ1) is 21.6. The highest BCUT2D eigenvalue weighted by Crippen LogP contribution is 2.30. The highest BCUT2D eigenvalue weighted by Gasteiger charge is 2.31. The third-order valence-corrected chi connectivity index (χ3v) is 7.55. The minimum absolute atomic E-state index is 0.105. The van der Waals surface area contributed by atoms with Crippen LogP contribution in [0.2, 0.25) is 0 Å². The van der Waals surface area contributed by atoms with Gasteiger partial charge >= 0.3 is 12.3 Å². The smallest absolute Gasteiger partial charge is 0.416 e. The molecular weight excluding hydrogens is 603 g/mol. The summed E-state index contributed by atoms with van der Waals surface area (Å²) in [4.78, 5) is 47.5. The number of alkyl halides is 3. The molecule has 0 aliphatic carbocycles. The molecule has 1 saturated heterocycles. The molecule has 0 N–H and O–H groups in total. The number of rotatable bonds is 5. The lowest BCUT2D eigenvalue weighted by atomic mass is 10.1. The Balaban J connectivity index is 1.22. The molecule has 3 amide bonds. The second kappa shape index (κ2) is 12.4. The number of aromatic nitrogens is 2. The fraction of sp³-hybridized carbons (Fsp3) is 0.333. The summed E-state index contributed by atoms with van der Waals surface area (Å²) in [7, 11) is 3.32. The van der Waals surface area contributed by atoms with E-state index in [0.717, 1.165) is 35.2 Å². The molecule has 3 heterocycles. The van der Waals surface area contributed by atoms with Crippen molar-refractivity contribution in [3.8, 4) is 11.6 Å². The zero-order valence-electron chi connectivity index (χ0n) is 26.1. The number of hydrogen-bond acceptors (Lipinski definition) is 6. The number of piperazine rings is 1. The fourth-order valence-corrected chi connectivity index (χ4v) is 5.04. The molecule has 242 valence electrons. The Morgan fingerprint density at radius 2 is 1.52 bits per heavy atom. The molecule has 0 spiro atoms. The first-order valence-electron chi connectivity index (χ1n) is 14.6. The molecular formula is C33H34F3N5O5. The molecule has 13 heteroatoms. The highest BCUT2D eigenvalue weighted by atomic mass is 19.4. The molecule has 0 bridgehead atoms. The van der Waals surface area contributed by atoms with Crippen molar-refractivity contribution in [1.82, 2.24) is 19.4 Å². The number of aryl methyl sites for hydroxylation is 1. The Morgan fingerprint density at radius 3 is 2.11 bits per heavy atom. The van der Waals surface area contributed by atoms with Crippen LogP contribution in [0.3, 0.4) is 0 Å². The minimum atomic E-state index is -4.49. The van der Waals surface area contributed by atoms with Crippen LogP contribution in [0, 0.1) is 0 Å². The summed E-state index contributed by atoms with van der Waals surface area (Å²) < 4.78 is 51.8. The lowest BCUT2D eigenvalue weighted by Crippen LogP contribution is -2.51. The second-order valence-electron chi connectivity index (χ2n) is 12.0. The zero-order valence-corrected chi connectivity index (χ0v) is 26.1. The van der Waals surface area contributed by atoms with Crippen molar-refractivity contribution in [1.29, 1.82) is 0 Å². The van der Waals surface area contributed by atoms with E-state index in [1.165, 1.54) is 18.1 Å². The predicted octanol–water partition coefficient (Wildman–Crippen LogP) is 6.35. The molecule has 5 rings (SSSR count). The molecule has 0 radical (unpaired) electrons. The van der Waals surface area contributed by atoms with Crippen LogP contribution in [-0.2, 0) is 18.0 Å². The SMILES string of the molecule is CN(C(=O)c1ccc(C(F)(F)F)cc1)c1ccc(Oc2ccc3c(c2)cc(C(=O)N2CCN(C(=O)OC(C)(C)C)CC2)n3C)nc1. The van der Waals surface area contributed by atoms with Gasteiger partial charge in [-0.25, -0.2) is 9.78 Å². The van der Waals surface area contributed by atoms with Gasteiger partial charge in [-0.05, 0) is 75.4 Å². The number of benzene rings is 2. The van der Waals surface area contributed by atoms with Crippen LogP contribution < -0.4 is 9.64 Å². The second-order valence-corrected chi connectivity index (χ2v) is 12.0. The van der Waals surface area contributed by atoms with Gasteiger partial charge in [-0.3, -0.25) is 9.59 Å². The number of carbonyl (C=O) groups excluding carboxylic acids is 3. The summed E-state index contributed by atoms with van der Waals surface area (Å²) in [5, 5.41) is 0.786. The number of anilines is 1. The Hall–Kier alpha value is -5.07. The van der Waals surface area contributed by atoms with Crippen molar-refractivity contribution < 1.29 is 37.0 Å². The Labute approximate surface area is 263 Å². The van der Waals surface area contributed by atoms with Crippen LogP contribution in [0.4, 0.5) is 23.7 Å². The maximum atomic E-state index is 13.4. The topological polar surface area (TPSA) is 97.2 Å². The van der Waals surface area contributed by atoms with Gasteiger partial charge in [0.15, 0.2) is 0 Å². The van der Waals surface area contributed by atoms with Gasteiger partial charge in [0.25, 0.3) is 11.8 Å². The number of halogens is 3. The lowest BCUT2D eigenvalue weighted by Gasteiger charge is -2.35. The molecule has 1 aliphatic heterocycles. The predicted molar refractivity (Wildman–Crippen MR) is 165 cm³/mol. The van der Waals surface area contributed by atoms with Crippen molar-refractivity contribution in [2.24, 2.45) is 7.05 Å². The molecule has 46 heavy (non-hydrogen) atoms. The van der Waals surface area contributed by atoms with Crippen LogP contribution in [0.1, 0.15) is 47.2 Å². The van der Waals surface area contributed by atoms with Crippen molar-refractivity contribution in [2.75, 3.05) is 38.1 Å². The minimum Gasteiger partial charge on any atom is -0.444 e. The number of pyridine rings is 1. The average molecular weight is 638 g/mol. The van der Waals surface area contributed by atoms with Crippen molar-refractivity contribution in [3.63, 3.8) is 0 Å². The molecule has 1 aliphatic rings. The number of amides is 3. The van der Waals surface area contributed by atoms with Gasteiger partial charge in [0.05, 0.1) is 17.4 Å². The molecule has 2 aromatic heterocycles. The number of nitrogens with zero attached hydrogens (tertiary/aromatic N) is 5. The normalized spacial score (nSPS) is 13.9. The van der Waals surface area contributed by atoms with E-state index in [2.05, 4.69) is 4.98 Å². The molecule has 10 nitrogen and oxygen atoms in total. The maximum Gasteiger partial charge on any atom is 0.416 e. The summed E-state index contributed by atoms with van der Waals surface area (Å²) in [6, 6.07) is 14.4. The first kappa shape index (κ1) is 32.3. The highest BCUT2D eigenvalue weighted by molar-refractivity contribution is 6.05. The summed E-state index contributed by atoms with van der Waals surface area (Å²) in [5.41, 5.74) is 0.434. The number of fused-ring (bicyclic) bond motifs is 1. The lowest BCUT2D eigenvalue weighted by molar-refractivity contribution is -0.137. The summed E-state index contributed by atoms with van der Waals surface area (Å²) in [6.07, 6.45) is -3.45. The van der Waals surface area contributed by atoms with E-state index in [1.807, 2.05) is 38.5 Å². The van der Waals surface area contributed by atoms with Crippen molar-refractivity contribution in [2.45, 2.75) is 32.5 Å². The maximum absolute atomic E-state index is 13.4. The van der Waals surface area contributed by atoms with E-state index in [9.17, 15) is 27.6 Å². The Bertz CT molecular complexity index is 1750. The van der Waals surface area contributed by atoms with E-state index in [4.69, 9.17) is 9.47 Å². The molecule has 0 unspecified atom stereocenters. The molecule has 4 aromatic rings. The molecule has 0 saturated carbocycles. The molecule has 2 aromatic carbocycles. The van der Waals surface area contributed by atoms with Crippen LogP contribution in [0.15, 0.2) is 66.9 Å². The summed E-state index contributed by atoms with van der Waals surface area (Å²) >= 11 is 0. The van der Waals surface area contributed by atoms with E-state index in [-0.39, 0.29) is 23.4 Å². The van der Waals surface area contributed by atoms with Crippen LogP contribution in [-0.4, -0.2) is 76.1 Å². The van der Waals surface area contributed by atoms with Crippen LogP contribution >= 0.6 is 0 Å². The largest absolute Gasteiger partial charge is 0.444 e. The third-order valence-electron chi connectivity index (χ3n) is 7.55. The van der Waals surface area contributed by atoms with Gasteiger partial charge in [0.1, 0.15) is 17.0 Å². The molecule has 1 fully saturated rings. The Morgan fingerprint density at radius 1 is 0.870 bits per heavy atom. The summed E-state index contributed by atoms with van der Waals surface area (Å²) in [5.74, 6) is 0.109. The third kappa shape index (κ3) is 7.08. The Kier molecular flexibility index (Phi) is 8.70. The standard InChI is InChI=1S/C33H34F3N5O5/c1-32(2,3)46-31(44)41-16-14-40(15-17-41)30(43)27-19-22-18-25(11-12-26(22)39(27)5)45-28-13-10-24(20-37-28)38(4)29(42)21-6-8-23(9-7-21)33(34,35)36/h6-13,18-20H,14-17H2,1-5H3. The van der Waals surface area contributed by atoms with Crippen molar-refractivity contribution >= 4 is 34.5 Å². The van der Waals surface area contributed by atoms with Gasteiger partial charge in [-0.1, -0.05) is 0 Å². The van der Waals surface area contributed by atoms with E-state index in [1.54, 1.807) is 40.1 Å². The fourth-order valence-electron chi connectivity index (χ4n) is 5.04. The van der Waals surface area contributed by atoms with Gasteiger partial charge in [-0.2, -0.15) is 13.2 Å². The van der Waals surface area contributed by atoms with E-state index < -0.39 is 23.2 Å². The van der Waals surface area contributed by atoms with E-state index in [0.29, 0.717) is 43.3 Å². The van der Waals surface area contributed by atoms with Crippen LogP contribution in [0.5, 0.6) is 11.6 Å². The van der Waals surface area contributed by atoms with Gasteiger partial charge in [0.2, 0.25) is 5.88 Å². The zero-order chi connectivity index (χ0) is 33.4. The molecule has 0 atom stereocenters. The monoisotopic (exact) mass is 637 g/mol. The van der Waals surface area contributed by atoms with Gasteiger partial charge < -0.3 is 28.7 Å². The summed E-state index contributed by atoms with van der Waals surface area (Å²) in [6.45, 7) is 6.99. The first-order valence-corrected chi connectivity index (χ1v) is 14.6. The quantitative estimate of drug-likeness (QED) is 0.253. The van der Waals surface area contributed by atoms with Crippen LogP contribution in [0.25, 0.3) is 10.9 Å². The van der Waals surface area contributed by atoms with Gasteiger partial charge in [0, 0.05) is 62.8 Å². The number of carbonyl (C=O) groups is 3. The van der Waals surface area contributed by atoms with Gasteiger partial charge in [-0.15, -0.1) is 0 Å². The van der Waals surface area contributed by atoms with Crippen molar-refractivity contribution in [3.05, 3.63) is 83.7 Å². The average Bonchev–Trinajstić information content (AvgIpc) is 3.34. The van der Waals surface area contributed by atoms with E-state index >= 15 is 0 Å².